The molecular formula is C17H18N2O2S. The summed E-state index contributed by atoms with van der Waals surface area (Å²) in [6.45, 7) is 4.27. The van der Waals surface area contributed by atoms with Crippen LogP contribution in [0.1, 0.15) is 25.5 Å². The van der Waals surface area contributed by atoms with Gasteiger partial charge in [-0.25, -0.2) is 9.97 Å². The molecule has 5 heteroatoms. The second-order valence-electron chi connectivity index (χ2n) is 5.34. The topological polar surface area (TPSA) is 44.2 Å². The molecule has 0 aliphatic heterocycles. The molecule has 0 saturated heterocycles. The van der Waals surface area contributed by atoms with Crippen molar-refractivity contribution in [3.8, 4) is 22.3 Å². The van der Waals surface area contributed by atoms with E-state index in [-0.39, 0.29) is 0 Å². The fourth-order valence-corrected chi connectivity index (χ4v) is 3.21. The molecule has 3 rings (SSSR count). The predicted octanol–water partition coefficient (Wildman–Crippen LogP) is 4.50. The lowest BCUT2D eigenvalue weighted by Gasteiger charge is -2.08. The van der Waals surface area contributed by atoms with Crippen LogP contribution in [0.15, 0.2) is 29.6 Å². The van der Waals surface area contributed by atoms with Gasteiger partial charge in [0.25, 0.3) is 0 Å². The second kappa shape index (κ2) is 5.93. The van der Waals surface area contributed by atoms with E-state index in [1.165, 1.54) is 0 Å². The van der Waals surface area contributed by atoms with Crippen LogP contribution < -0.4 is 9.47 Å². The normalized spacial score (nSPS) is 11.1. The highest BCUT2D eigenvalue weighted by atomic mass is 32.1. The van der Waals surface area contributed by atoms with Gasteiger partial charge in [0.15, 0.2) is 0 Å². The summed E-state index contributed by atoms with van der Waals surface area (Å²) in [5.41, 5.74) is 1.92. The van der Waals surface area contributed by atoms with E-state index in [1.54, 1.807) is 25.6 Å². The van der Waals surface area contributed by atoms with Gasteiger partial charge in [0, 0.05) is 10.8 Å². The highest BCUT2D eigenvalue weighted by Gasteiger charge is 2.13. The summed E-state index contributed by atoms with van der Waals surface area (Å²) in [5, 5.41) is 4.99. The van der Waals surface area contributed by atoms with E-state index in [4.69, 9.17) is 9.47 Å². The predicted molar refractivity (Wildman–Crippen MR) is 90.0 cm³/mol. The number of methoxy groups -OCH3 is 2. The average molecular weight is 314 g/mol. The van der Waals surface area contributed by atoms with Gasteiger partial charge in [-0.15, -0.1) is 11.3 Å². The Labute approximate surface area is 133 Å². The Kier molecular flexibility index (Phi) is 3.98. The van der Waals surface area contributed by atoms with Crippen molar-refractivity contribution in [3.05, 3.63) is 35.3 Å². The third kappa shape index (κ3) is 2.64. The zero-order valence-corrected chi connectivity index (χ0v) is 13.9. The van der Waals surface area contributed by atoms with E-state index < -0.39 is 0 Å². The van der Waals surface area contributed by atoms with Crippen molar-refractivity contribution in [2.24, 2.45) is 0 Å². The van der Waals surface area contributed by atoms with Crippen LogP contribution in [0.4, 0.5) is 0 Å². The Morgan fingerprint density at radius 3 is 2.50 bits per heavy atom. The van der Waals surface area contributed by atoms with Gasteiger partial charge in [-0.2, -0.15) is 0 Å². The Bertz CT molecular complexity index is 812. The summed E-state index contributed by atoms with van der Waals surface area (Å²) < 4.78 is 10.7. The van der Waals surface area contributed by atoms with E-state index in [9.17, 15) is 0 Å². The van der Waals surface area contributed by atoms with Crippen molar-refractivity contribution in [1.82, 2.24) is 9.97 Å². The molecule has 0 saturated carbocycles. The van der Waals surface area contributed by atoms with Crippen molar-refractivity contribution >= 4 is 22.1 Å². The number of hydrogen-bond donors (Lipinski definition) is 0. The van der Waals surface area contributed by atoms with Crippen molar-refractivity contribution < 1.29 is 9.47 Å². The standard InChI is InChI=1S/C17H18N2O2S/c1-10(2)15-9-22-17(19-15)14-8-11-7-12(20-3)5-6-13(11)16(18-14)21-4/h5-10H,1-4H3. The Hall–Kier alpha value is -2.14. The lowest BCUT2D eigenvalue weighted by atomic mass is 10.1. The quantitative estimate of drug-likeness (QED) is 0.711. The molecule has 0 aliphatic rings. The molecule has 0 bridgehead atoms. The van der Waals surface area contributed by atoms with Gasteiger partial charge in [0.1, 0.15) is 16.5 Å². The molecule has 2 aromatic heterocycles. The molecule has 0 radical (unpaired) electrons. The number of hydrogen-bond acceptors (Lipinski definition) is 5. The summed E-state index contributed by atoms with van der Waals surface area (Å²) >= 11 is 1.61. The summed E-state index contributed by atoms with van der Waals surface area (Å²) in [4.78, 5) is 9.28. The molecule has 0 aliphatic carbocycles. The number of rotatable bonds is 4. The van der Waals surface area contributed by atoms with Gasteiger partial charge in [-0.05, 0) is 35.6 Å². The maximum Gasteiger partial charge on any atom is 0.221 e. The zero-order valence-electron chi connectivity index (χ0n) is 13.1. The molecule has 0 spiro atoms. The molecule has 2 heterocycles. The van der Waals surface area contributed by atoms with E-state index >= 15 is 0 Å². The van der Waals surface area contributed by atoms with Crippen LogP contribution in [0.3, 0.4) is 0 Å². The molecule has 22 heavy (non-hydrogen) atoms. The van der Waals surface area contributed by atoms with E-state index in [2.05, 4.69) is 29.2 Å². The Morgan fingerprint density at radius 2 is 1.86 bits per heavy atom. The molecule has 0 amide bonds. The first kappa shape index (κ1) is 14.8. The maximum atomic E-state index is 5.44. The van der Waals surface area contributed by atoms with E-state index in [0.29, 0.717) is 11.8 Å². The molecule has 0 atom stereocenters. The number of thiazole rings is 1. The SMILES string of the molecule is COc1ccc2c(OC)nc(-c3nc(C(C)C)cs3)cc2c1. The smallest absolute Gasteiger partial charge is 0.221 e. The largest absolute Gasteiger partial charge is 0.497 e. The number of ether oxygens (including phenoxy) is 2. The van der Waals surface area contributed by atoms with E-state index in [0.717, 1.165) is 32.9 Å². The van der Waals surface area contributed by atoms with Crippen LogP contribution in [0.25, 0.3) is 21.5 Å². The van der Waals surface area contributed by atoms with Gasteiger partial charge >= 0.3 is 0 Å². The number of pyridine rings is 1. The molecule has 114 valence electrons. The lowest BCUT2D eigenvalue weighted by molar-refractivity contribution is 0.403. The minimum atomic E-state index is 0.410. The average Bonchev–Trinajstić information content (AvgIpc) is 3.03. The summed E-state index contributed by atoms with van der Waals surface area (Å²) in [7, 11) is 3.30. The summed E-state index contributed by atoms with van der Waals surface area (Å²) in [5.74, 6) is 1.83. The zero-order chi connectivity index (χ0) is 15.7. The molecule has 4 nitrogen and oxygen atoms in total. The molecular weight excluding hydrogens is 296 g/mol. The number of benzene rings is 1. The Morgan fingerprint density at radius 1 is 1.05 bits per heavy atom. The molecule has 0 N–H and O–H groups in total. The summed E-state index contributed by atoms with van der Waals surface area (Å²) in [6.07, 6.45) is 0. The third-order valence-corrected chi connectivity index (χ3v) is 4.41. The first-order valence-corrected chi connectivity index (χ1v) is 7.99. The minimum Gasteiger partial charge on any atom is -0.497 e. The van der Waals surface area contributed by atoms with Gasteiger partial charge in [0.05, 0.1) is 19.9 Å². The van der Waals surface area contributed by atoms with Crippen molar-refractivity contribution in [2.45, 2.75) is 19.8 Å². The maximum absolute atomic E-state index is 5.44. The molecule has 0 unspecified atom stereocenters. The van der Waals surface area contributed by atoms with Crippen molar-refractivity contribution in [1.29, 1.82) is 0 Å². The monoisotopic (exact) mass is 314 g/mol. The van der Waals surface area contributed by atoms with Crippen LogP contribution >= 0.6 is 11.3 Å². The summed E-state index contributed by atoms with van der Waals surface area (Å²) in [6, 6.07) is 7.89. The highest BCUT2D eigenvalue weighted by molar-refractivity contribution is 7.13. The van der Waals surface area contributed by atoms with Crippen LogP contribution in [0.5, 0.6) is 11.6 Å². The number of aromatic nitrogens is 2. The van der Waals surface area contributed by atoms with Crippen LogP contribution in [0.2, 0.25) is 0 Å². The van der Waals surface area contributed by atoms with Gasteiger partial charge in [0.2, 0.25) is 5.88 Å². The van der Waals surface area contributed by atoms with Crippen LogP contribution in [0, 0.1) is 0 Å². The second-order valence-corrected chi connectivity index (χ2v) is 6.19. The van der Waals surface area contributed by atoms with Gasteiger partial charge in [-0.1, -0.05) is 13.8 Å². The van der Waals surface area contributed by atoms with Gasteiger partial charge < -0.3 is 9.47 Å². The first-order valence-electron chi connectivity index (χ1n) is 7.11. The van der Waals surface area contributed by atoms with Crippen molar-refractivity contribution in [2.75, 3.05) is 14.2 Å². The van der Waals surface area contributed by atoms with Crippen LogP contribution in [-0.2, 0) is 0 Å². The van der Waals surface area contributed by atoms with Crippen LogP contribution in [-0.4, -0.2) is 24.2 Å². The van der Waals surface area contributed by atoms with Gasteiger partial charge in [-0.3, -0.25) is 0 Å². The minimum absolute atomic E-state index is 0.410. The number of nitrogens with zero attached hydrogens (tertiary/aromatic N) is 2. The molecule has 3 aromatic rings. The third-order valence-electron chi connectivity index (χ3n) is 3.53. The fraction of sp³-hybridized carbons (Fsp3) is 0.294. The lowest BCUT2D eigenvalue weighted by Crippen LogP contribution is -1.94. The fourth-order valence-electron chi connectivity index (χ4n) is 2.27. The molecule has 0 fully saturated rings. The molecule has 1 aromatic carbocycles. The Balaban J connectivity index is 2.16. The van der Waals surface area contributed by atoms with Crippen molar-refractivity contribution in [3.63, 3.8) is 0 Å². The highest BCUT2D eigenvalue weighted by Crippen LogP contribution is 2.33. The first-order chi connectivity index (χ1) is 10.6. The van der Waals surface area contributed by atoms with E-state index in [1.807, 2.05) is 24.3 Å². The number of fused-ring (bicyclic) bond motifs is 1.